The topological polar surface area (TPSA) is 54.0 Å². The zero-order valence-electron chi connectivity index (χ0n) is 12.2. The predicted molar refractivity (Wildman–Crippen MR) is 71.0 cm³/mol. The number of ether oxygens (including phenoxy) is 4. The largest absolute Gasteiger partial charge is 0.347 e. The molecule has 0 unspecified atom stereocenters. The molecule has 0 radical (unpaired) electrons. The maximum absolute atomic E-state index is 11.9. The van der Waals surface area contributed by atoms with Crippen LogP contribution in [0.3, 0.4) is 0 Å². The van der Waals surface area contributed by atoms with Crippen LogP contribution in [0.25, 0.3) is 0 Å². The Balaban J connectivity index is 1.69. The van der Waals surface area contributed by atoms with Crippen molar-refractivity contribution in [2.45, 2.75) is 57.6 Å². The van der Waals surface area contributed by atoms with Gasteiger partial charge >= 0.3 is 0 Å². The van der Waals surface area contributed by atoms with Crippen LogP contribution in [0.1, 0.15) is 27.7 Å². The average molecular weight is 280 g/mol. The first-order chi connectivity index (χ1) is 9.26. The van der Waals surface area contributed by atoms with Gasteiger partial charge in [0.2, 0.25) is 0 Å². The van der Waals surface area contributed by atoms with Gasteiger partial charge in [0.25, 0.3) is 0 Å². The Labute approximate surface area is 118 Å². The van der Waals surface area contributed by atoms with E-state index in [0.717, 1.165) is 5.57 Å². The first kappa shape index (κ1) is 13.9. The Bertz CT molecular complexity index is 488. The summed E-state index contributed by atoms with van der Waals surface area (Å²) in [6, 6.07) is 0. The molecule has 3 aliphatic rings. The van der Waals surface area contributed by atoms with E-state index < -0.39 is 17.7 Å². The van der Waals surface area contributed by atoms with Gasteiger partial charge in [0, 0.05) is 0 Å². The molecule has 0 bridgehead atoms. The van der Waals surface area contributed by atoms with Crippen LogP contribution in [0.2, 0.25) is 0 Å². The molecule has 1 aliphatic carbocycles. The van der Waals surface area contributed by atoms with E-state index in [-0.39, 0.29) is 18.0 Å². The lowest BCUT2D eigenvalue weighted by Crippen LogP contribution is -2.25. The van der Waals surface area contributed by atoms with E-state index in [9.17, 15) is 4.79 Å². The van der Waals surface area contributed by atoms with E-state index in [1.54, 1.807) is 6.08 Å². The second-order valence-electron chi connectivity index (χ2n) is 6.25. The van der Waals surface area contributed by atoms with E-state index in [2.05, 4.69) is 0 Å². The minimum Gasteiger partial charge on any atom is -0.347 e. The van der Waals surface area contributed by atoms with Gasteiger partial charge < -0.3 is 18.9 Å². The van der Waals surface area contributed by atoms with Crippen molar-refractivity contribution < 1.29 is 23.7 Å². The van der Waals surface area contributed by atoms with Gasteiger partial charge in [0.15, 0.2) is 23.5 Å². The molecule has 2 heterocycles. The number of carbonyl (C=O) groups excluding carboxylic acids is 1. The molecule has 0 aromatic heterocycles. The summed E-state index contributed by atoms with van der Waals surface area (Å²) in [5, 5.41) is 0. The highest BCUT2D eigenvalue weighted by Gasteiger charge is 2.49. The molecule has 0 N–H and O–H groups in total. The SMILES string of the molecule is CC1(C)OC[C@H](/C=C/C2=CC(=O)[C@@H]3OC(C)(C)O[C@H]23)O1. The molecular weight excluding hydrogens is 260 g/mol. The minimum absolute atomic E-state index is 0.0378. The monoisotopic (exact) mass is 280 g/mol. The summed E-state index contributed by atoms with van der Waals surface area (Å²) in [4.78, 5) is 11.9. The van der Waals surface area contributed by atoms with Gasteiger partial charge in [0.05, 0.1) is 6.61 Å². The van der Waals surface area contributed by atoms with E-state index in [1.807, 2.05) is 39.8 Å². The smallest absolute Gasteiger partial charge is 0.187 e. The van der Waals surface area contributed by atoms with Crippen LogP contribution in [-0.4, -0.2) is 42.3 Å². The first-order valence-electron chi connectivity index (χ1n) is 6.87. The summed E-state index contributed by atoms with van der Waals surface area (Å²) < 4.78 is 22.6. The molecule has 2 aliphatic heterocycles. The van der Waals surface area contributed by atoms with Crippen molar-refractivity contribution in [1.29, 1.82) is 0 Å². The van der Waals surface area contributed by atoms with Crippen molar-refractivity contribution in [3.8, 4) is 0 Å². The number of carbonyl (C=O) groups is 1. The molecule has 5 heteroatoms. The molecule has 3 atom stereocenters. The lowest BCUT2D eigenvalue weighted by Gasteiger charge is -2.17. The molecule has 0 amide bonds. The van der Waals surface area contributed by atoms with Crippen molar-refractivity contribution >= 4 is 5.78 Å². The molecule has 0 saturated carbocycles. The summed E-state index contributed by atoms with van der Waals surface area (Å²) in [5.41, 5.74) is 0.832. The molecule has 5 nitrogen and oxygen atoms in total. The Morgan fingerprint density at radius 2 is 1.80 bits per heavy atom. The van der Waals surface area contributed by atoms with Crippen LogP contribution >= 0.6 is 0 Å². The zero-order valence-corrected chi connectivity index (χ0v) is 12.2. The highest BCUT2D eigenvalue weighted by atomic mass is 16.8. The van der Waals surface area contributed by atoms with Crippen LogP contribution in [0.15, 0.2) is 23.8 Å². The molecule has 0 aromatic carbocycles. The normalized spacial score (nSPS) is 38.5. The van der Waals surface area contributed by atoms with Crippen molar-refractivity contribution in [3.05, 3.63) is 23.8 Å². The first-order valence-corrected chi connectivity index (χ1v) is 6.87. The molecule has 3 rings (SSSR count). The van der Waals surface area contributed by atoms with Crippen LogP contribution in [0.4, 0.5) is 0 Å². The van der Waals surface area contributed by atoms with Crippen LogP contribution in [0.5, 0.6) is 0 Å². The molecule has 2 fully saturated rings. The number of rotatable bonds is 2. The molecule has 0 spiro atoms. The van der Waals surface area contributed by atoms with Gasteiger partial charge in [-0.15, -0.1) is 0 Å². The summed E-state index contributed by atoms with van der Waals surface area (Å²) in [5.74, 6) is -1.30. The summed E-state index contributed by atoms with van der Waals surface area (Å²) in [6.45, 7) is 7.91. The van der Waals surface area contributed by atoms with Gasteiger partial charge in [0.1, 0.15) is 12.2 Å². The Morgan fingerprint density at radius 1 is 1.10 bits per heavy atom. The van der Waals surface area contributed by atoms with Gasteiger partial charge in [-0.2, -0.15) is 0 Å². The third kappa shape index (κ3) is 2.59. The van der Waals surface area contributed by atoms with Crippen LogP contribution in [0, 0.1) is 0 Å². The van der Waals surface area contributed by atoms with Gasteiger partial charge in [-0.1, -0.05) is 12.2 Å². The highest BCUT2D eigenvalue weighted by molar-refractivity contribution is 5.99. The Kier molecular flexibility index (Phi) is 3.14. The quantitative estimate of drug-likeness (QED) is 0.771. The fraction of sp³-hybridized carbons (Fsp3) is 0.667. The maximum atomic E-state index is 11.9. The maximum Gasteiger partial charge on any atom is 0.187 e. The second-order valence-corrected chi connectivity index (χ2v) is 6.25. The van der Waals surface area contributed by atoms with E-state index in [4.69, 9.17) is 18.9 Å². The summed E-state index contributed by atoms with van der Waals surface area (Å²) in [6.07, 6.45) is 4.44. The van der Waals surface area contributed by atoms with E-state index in [0.29, 0.717) is 6.61 Å². The van der Waals surface area contributed by atoms with Gasteiger partial charge in [-0.25, -0.2) is 0 Å². The van der Waals surface area contributed by atoms with Gasteiger partial charge in [-0.3, -0.25) is 4.79 Å². The number of ketones is 1. The number of hydrogen-bond donors (Lipinski definition) is 0. The average Bonchev–Trinajstić information content (AvgIpc) is 2.91. The fourth-order valence-corrected chi connectivity index (χ4v) is 2.71. The lowest BCUT2D eigenvalue weighted by molar-refractivity contribution is -0.152. The van der Waals surface area contributed by atoms with E-state index >= 15 is 0 Å². The molecule has 20 heavy (non-hydrogen) atoms. The highest BCUT2D eigenvalue weighted by Crippen LogP contribution is 2.37. The third-order valence-corrected chi connectivity index (χ3v) is 3.55. The lowest BCUT2D eigenvalue weighted by atomic mass is 10.1. The number of fused-ring (bicyclic) bond motifs is 1. The third-order valence-electron chi connectivity index (χ3n) is 3.55. The standard InChI is InChI=1S/C15H20O5/c1-14(2)17-8-10(18-14)6-5-9-7-11(16)13-12(9)19-15(3,4)20-13/h5-7,10,12-13H,8H2,1-4H3/b6-5+/t10-,12+,13-/m0/s1. The van der Waals surface area contributed by atoms with Crippen molar-refractivity contribution in [2.24, 2.45) is 0 Å². The minimum atomic E-state index is -0.715. The Morgan fingerprint density at radius 3 is 2.45 bits per heavy atom. The molecule has 110 valence electrons. The zero-order chi connectivity index (χ0) is 14.5. The van der Waals surface area contributed by atoms with Crippen LogP contribution < -0.4 is 0 Å². The summed E-state index contributed by atoms with van der Waals surface area (Å²) in [7, 11) is 0. The molecule has 2 saturated heterocycles. The van der Waals surface area contributed by atoms with Crippen LogP contribution in [-0.2, 0) is 23.7 Å². The Hall–Kier alpha value is -1.01. The second kappa shape index (κ2) is 4.49. The molecular formula is C15H20O5. The predicted octanol–water partition coefficient (Wildman–Crippen LogP) is 1.72. The summed E-state index contributed by atoms with van der Waals surface area (Å²) >= 11 is 0. The van der Waals surface area contributed by atoms with E-state index in [1.165, 1.54) is 0 Å². The van der Waals surface area contributed by atoms with Crippen molar-refractivity contribution in [1.82, 2.24) is 0 Å². The molecule has 0 aromatic rings. The van der Waals surface area contributed by atoms with Crippen molar-refractivity contribution in [3.63, 3.8) is 0 Å². The van der Waals surface area contributed by atoms with Crippen molar-refractivity contribution in [2.75, 3.05) is 6.61 Å². The number of hydrogen-bond acceptors (Lipinski definition) is 5. The van der Waals surface area contributed by atoms with Gasteiger partial charge in [-0.05, 0) is 39.3 Å². The fourth-order valence-electron chi connectivity index (χ4n) is 2.71.